The molecule has 0 aromatic rings. The van der Waals surface area contributed by atoms with Crippen molar-refractivity contribution >= 4 is 12.9 Å². The quantitative estimate of drug-likeness (QED) is 0.592. The largest absolute Gasteiger partial charge is 0.296 e. The first kappa shape index (κ1) is 10.4. The molecule has 1 aliphatic rings. The second kappa shape index (κ2) is 5.12. The van der Waals surface area contributed by atoms with E-state index in [1.807, 2.05) is 37.3 Å². The molecular weight excluding hydrogens is 172 g/mol. The molecule has 0 radical (unpaired) electrons. The maximum atomic E-state index is 3.99. The van der Waals surface area contributed by atoms with Crippen molar-refractivity contribution in [1.29, 1.82) is 0 Å². The van der Waals surface area contributed by atoms with Crippen molar-refractivity contribution in [3.63, 3.8) is 0 Å². The van der Waals surface area contributed by atoms with Gasteiger partial charge in [0.15, 0.2) is 0 Å². The molecule has 0 aromatic heterocycles. The van der Waals surface area contributed by atoms with Gasteiger partial charge in [0.1, 0.15) is 0 Å². The Morgan fingerprint density at radius 3 is 2.64 bits per heavy atom. The fourth-order valence-electron chi connectivity index (χ4n) is 1.20. The molecular formula is C12H14N2. The van der Waals surface area contributed by atoms with E-state index < -0.39 is 0 Å². The third-order valence-corrected chi connectivity index (χ3v) is 1.84. The van der Waals surface area contributed by atoms with E-state index in [1.54, 1.807) is 13.3 Å². The highest BCUT2D eigenvalue weighted by molar-refractivity contribution is 5.85. The summed E-state index contributed by atoms with van der Waals surface area (Å²) < 4.78 is 0. The number of allylic oxidation sites excluding steroid dienone is 7. The summed E-state index contributed by atoms with van der Waals surface area (Å²) in [4.78, 5) is 7.95. The van der Waals surface area contributed by atoms with Gasteiger partial charge in [-0.1, -0.05) is 23.8 Å². The van der Waals surface area contributed by atoms with E-state index in [1.165, 1.54) is 5.57 Å². The minimum atomic E-state index is 0.847. The molecule has 0 unspecified atom stereocenters. The standard InChI is InChI=1S/C12H14N2/c1-10-6-4-5-7-12(14-3)11(8-10)9-13-2/h4-9H,3H2,1-2H3/b5-4?,6-4+,7-5?,10-6?,10-8+,11-8?,12-7?,12-11?,13-9?. The minimum Gasteiger partial charge on any atom is -0.296 e. The van der Waals surface area contributed by atoms with Crippen LogP contribution in [0.2, 0.25) is 0 Å². The Bertz CT molecular complexity index is 366. The van der Waals surface area contributed by atoms with Crippen molar-refractivity contribution in [3.8, 4) is 0 Å². The van der Waals surface area contributed by atoms with Crippen molar-refractivity contribution in [2.75, 3.05) is 7.05 Å². The van der Waals surface area contributed by atoms with E-state index >= 15 is 0 Å². The van der Waals surface area contributed by atoms with Gasteiger partial charge in [-0.2, -0.15) is 0 Å². The van der Waals surface area contributed by atoms with Gasteiger partial charge in [0.2, 0.25) is 0 Å². The van der Waals surface area contributed by atoms with Gasteiger partial charge < -0.3 is 0 Å². The van der Waals surface area contributed by atoms with Gasteiger partial charge in [0, 0.05) is 18.8 Å². The molecule has 1 aliphatic carbocycles. The third kappa shape index (κ3) is 2.66. The third-order valence-electron chi connectivity index (χ3n) is 1.84. The molecule has 0 N–H and O–H groups in total. The maximum absolute atomic E-state index is 3.99. The van der Waals surface area contributed by atoms with Crippen LogP contribution in [0.5, 0.6) is 0 Å². The summed E-state index contributed by atoms with van der Waals surface area (Å²) in [5.74, 6) is 0. The van der Waals surface area contributed by atoms with E-state index in [0.717, 1.165) is 11.3 Å². The Morgan fingerprint density at radius 1 is 1.29 bits per heavy atom. The number of hydrogen-bond acceptors (Lipinski definition) is 2. The monoisotopic (exact) mass is 186 g/mol. The molecule has 2 nitrogen and oxygen atoms in total. The first-order valence-electron chi connectivity index (χ1n) is 4.44. The van der Waals surface area contributed by atoms with Gasteiger partial charge >= 0.3 is 0 Å². The number of rotatable bonds is 2. The van der Waals surface area contributed by atoms with Crippen LogP contribution < -0.4 is 0 Å². The van der Waals surface area contributed by atoms with E-state index in [0.29, 0.717) is 0 Å². The summed E-state index contributed by atoms with van der Waals surface area (Å²) in [5.41, 5.74) is 3.00. The fourth-order valence-corrected chi connectivity index (χ4v) is 1.20. The lowest BCUT2D eigenvalue weighted by Crippen LogP contribution is -1.89. The summed E-state index contributed by atoms with van der Waals surface area (Å²) in [7, 11) is 1.75. The molecule has 72 valence electrons. The van der Waals surface area contributed by atoms with Gasteiger partial charge in [-0.3, -0.25) is 9.98 Å². The Morgan fingerprint density at radius 2 is 2.00 bits per heavy atom. The van der Waals surface area contributed by atoms with E-state index in [4.69, 9.17) is 0 Å². The topological polar surface area (TPSA) is 24.7 Å². The van der Waals surface area contributed by atoms with Gasteiger partial charge in [-0.25, -0.2) is 0 Å². The molecule has 14 heavy (non-hydrogen) atoms. The Balaban J connectivity index is 3.22. The molecule has 2 heteroatoms. The Kier molecular flexibility index (Phi) is 3.80. The smallest absolute Gasteiger partial charge is 0.0710 e. The van der Waals surface area contributed by atoms with Crippen LogP contribution in [-0.4, -0.2) is 20.0 Å². The number of hydrogen-bond donors (Lipinski definition) is 0. The van der Waals surface area contributed by atoms with E-state index in [9.17, 15) is 0 Å². The highest BCUT2D eigenvalue weighted by Gasteiger charge is 1.98. The van der Waals surface area contributed by atoms with Crippen LogP contribution in [0.25, 0.3) is 0 Å². The molecule has 0 aliphatic heterocycles. The summed E-state index contributed by atoms with van der Waals surface area (Å²) in [6, 6.07) is 0. The highest BCUT2D eigenvalue weighted by Crippen LogP contribution is 2.13. The first-order chi connectivity index (χ1) is 6.77. The fraction of sp³-hybridized carbons (Fsp3) is 0.167. The van der Waals surface area contributed by atoms with Crippen molar-refractivity contribution in [2.45, 2.75) is 6.92 Å². The first-order valence-corrected chi connectivity index (χ1v) is 4.44. The summed E-state index contributed by atoms with van der Waals surface area (Å²) in [6.07, 6.45) is 11.7. The van der Waals surface area contributed by atoms with Gasteiger partial charge in [-0.05, 0) is 25.8 Å². The minimum absolute atomic E-state index is 0.847. The second-order valence-corrected chi connectivity index (χ2v) is 2.99. The molecule has 0 saturated heterocycles. The summed E-state index contributed by atoms with van der Waals surface area (Å²) in [6.45, 7) is 5.58. The van der Waals surface area contributed by atoms with Crippen LogP contribution in [0.1, 0.15) is 6.92 Å². The molecule has 1 rings (SSSR count). The normalized spacial score (nSPS) is 22.9. The predicted octanol–water partition coefficient (Wildman–Crippen LogP) is 2.71. The molecule has 0 atom stereocenters. The molecule has 0 saturated carbocycles. The van der Waals surface area contributed by atoms with Crippen LogP contribution in [0.4, 0.5) is 0 Å². The Hall–Kier alpha value is -1.70. The van der Waals surface area contributed by atoms with Crippen molar-refractivity contribution in [3.05, 3.63) is 47.2 Å². The summed E-state index contributed by atoms with van der Waals surface area (Å²) in [5, 5.41) is 0. The van der Waals surface area contributed by atoms with Gasteiger partial charge in [-0.15, -0.1) is 0 Å². The van der Waals surface area contributed by atoms with Crippen LogP contribution in [-0.2, 0) is 0 Å². The van der Waals surface area contributed by atoms with Crippen molar-refractivity contribution < 1.29 is 0 Å². The zero-order valence-electron chi connectivity index (χ0n) is 8.57. The Labute approximate surface area is 84.8 Å². The SMILES string of the molecule is C=NC1=C(C=NC)/C=C(C)/C=C/C=C1. The highest BCUT2D eigenvalue weighted by atomic mass is 14.7. The molecule has 0 fully saturated rings. The van der Waals surface area contributed by atoms with E-state index in [-0.39, 0.29) is 0 Å². The average Bonchev–Trinajstić information content (AvgIpc) is 2.15. The van der Waals surface area contributed by atoms with Crippen molar-refractivity contribution in [2.24, 2.45) is 9.98 Å². The molecule has 0 bridgehead atoms. The second-order valence-electron chi connectivity index (χ2n) is 2.99. The van der Waals surface area contributed by atoms with Crippen LogP contribution in [0, 0.1) is 0 Å². The molecule has 0 amide bonds. The average molecular weight is 186 g/mol. The predicted molar refractivity (Wildman–Crippen MR) is 63.0 cm³/mol. The zero-order chi connectivity index (χ0) is 10.4. The van der Waals surface area contributed by atoms with Gasteiger partial charge in [0.25, 0.3) is 0 Å². The molecule has 0 spiro atoms. The molecule has 0 heterocycles. The molecule has 0 aromatic carbocycles. The van der Waals surface area contributed by atoms with Crippen LogP contribution >= 0.6 is 0 Å². The lowest BCUT2D eigenvalue weighted by molar-refractivity contribution is 1.36. The maximum Gasteiger partial charge on any atom is 0.0710 e. The number of aliphatic imine (C=N–C) groups is 2. The van der Waals surface area contributed by atoms with Crippen molar-refractivity contribution in [1.82, 2.24) is 0 Å². The van der Waals surface area contributed by atoms with Crippen LogP contribution in [0.3, 0.4) is 0 Å². The lowest BCUT2D eigenvalue weighted by atomic mass is 10.1. The van der Waals surface area contributed by atoms with Crippen LogP contribution in [0.15, 0.2) is 57.2 Å². The number of nitrogens with zero attached hydrogens (tertiary/aromatic N) is 2. The lowest BCUT2D eigenvalue weighted by Gasteiger charge is -2.02. The van der Waals surface area contributed by atoms with Gasteiger partial charge in [0.05, 0.1) is 5.70 Å². The zero-order valence-corrected chi connectivity index (χ0v) is 8.57. The van der Waals surface area contributed by atoms with E-state index in [2.05, 4.69) is 16.7 Å². The summed E-state index contributed by atoms with van der Waals surface area (Å²) >= 11 is 0.